The molecule has 1 aromatic heterocycles. The molecule has 15 heavy (non-hydrogen) atoms. The Morgan fingerprint density at radius 3 is 2.73 bits per heavy atom. The fraction of sp³-hybridized carbons (Fsp3) is 0.667. The summed E-state index contributed by atoms with van der Waals surface area (Å²) in [5.41, 5.74) is 1.47. The Hall–Kier alpha value is -0.800. The van der Waals surface area contributed by atoms with E-state index in [9.17, 15) is 0 Å². The summed E-state index contributed by atoms with van der Waals surface area (Å²) >= 11 is 0. The first-order valence-electron chi connectivity index (χ1n) is 5.46. The molecule has 0 aliphatic rings. The lowest BCUT2D eigenvalue weighted by Crippen LogP contribution is -2.29. The molecular weight excluding hydrogens is 188 g/mol. The van der Waals surface area contributed by atoms with Gasteiger partial charge in [-0.25, -0.2) is 0 Å². The molecule has 86 valence electrons. The Kier molecular flexibility index (Phi) is 4.36. The van der Waals surface area contributed by atoms with E-state index in [1.807, 2.05) is 7.05 Å². The van der Waals surface area contributed by atoms with E-state index in [4.69, 9.17) is 5.11 Å². The number of nitrogens with zero attached hydrogens (tertiary/aromatic N) is 1. The zero-order valence-electron chi connectivity index (χ0n) is 9.95. The molecule has 0 unspecified atom stereocenters. The minimum absolute atomic E-state index is 0.170. The fourth-order valence-electron chi connectivity index (χ4n) is 1.60. The molecule has 1 rings (SSSR count). The van der Waals surface area contributed by atoms with E-state index in [2.05, 4.69) is 42.2 Å². The van der Waals surface area contributed by atoms with Crippen LogP contribution in [0.15, 0.2) is 18.5 Å². The minimum Gasteiger partial charge on any atom is -0.396 e. The summed E-state index contributed by atoms with van der Waals surface area (Å²) in [5.74, 6) is 0. The van der Waals surface area contributed by atoms with Crippen LogP contribution in [0.25, 0.3) is 0 Å². The molecule has 0 amide bonds. The molecule has 0 aliphatic carbocycles. The summed E-state index contributed by atoms with van der Waals surface area (Å²) in [6, 6.07) is 2.12. The van der Waals surface area contributed by atoms with Gasteiger partial charge in [0.1, 0.15) is 0 Å². The maximum Gasteiger partial charge on any atom is 0.0436 e. The summed E-state index contributed by atoms with van der Waals surface area (Å²) in [4.78, 5) is 0. The maximum absolute atomic E-state index is 8.89. The number of aliphatic hydroxyl groups is 1. The smallest absolute Gasteiger partial charge is 0.0436 e. The van der Waals surface area contributed by atoms with Gasteiger partial charge in [0, 0.05) is 39.1 Å². The second-order valence-electron chi connectivity index (χ2n) is 4.93. The lowest BCUT2D eigenvalue weighted by atomic mass is 9.90. The molecule has 0 saturated heterocycles. The third kappa shape index (κ3) is 4.49. The van der Waals surface area contributed by atoms with Gasteiger partial charge < -0.3 is 15.0 Å². The SMILES string of the molecule is Cn1ccc(CNCC(C)(C)CCO)c1. The first-order valence-corrected chi connectivity index (χ1v) is 5.46. The number of rotatable bonds is 6. The monoisotopic (exact) mass is 210 g/mol. The molecule has 0 saturated carbocycles. The first kappa shape index (κ1) is 12.3. The number of hydrogen-bond donors (Lipinski definition) is 2. The van der Waals surface area contributed by atoms with Crippen LogP contribution in [0.5, 0.6) is 0 Å². The first-order chi connectivity index (χ1) is 7.03. The molecule has 2 N–H and O–H groups in total. The Balaban J connectivity index is 2.27. The van der Waals surface area contributed by atoms with Gasteiger partial charge in [0.15, 0.2) is 0 Å². The third-order valence-electron chi connectivity index (χ3n) is 2.61. The molecule has 3 nitrogen and oxygen atoms in total. The number of aliphatic hydroxyl groups excluding tert-OH is 1. The fourth-order valence-corrected chi connectivity index (χ4v) is 1.60. The van der Waals surface area contributed by atoms with Gasteiger partial charge in [-0.2, -0.15) is 0 Å². The number of aryl methyl sites for hydroxylation is 1. The van der Waals surface area contributed by atoms with Crippen LogP contribution in [0.3, 0.4) is 0 Å². The number of hydrogen-bond acceptors (Lipinski definition) is 2. The average molecular weight is 210 g/mol. The van der Waals surface area contributed by atoms with Crippen molar-refractivity contribution < 1.29 is 5.11 Å². The van der Waals surface area contributed by atoms with E-state index >= 15 is 0 Å². The van der Waals surface area contributed by atoms with Crippen molar-refractivity contribution in [1.29, 1.82) is 0 Å². The molecule has 0 spiro atoms. The van der Waals surface area contributed by atoms with Gasteiger partial charge in [-0.05, 0) is 23.5 Å². The predicted octanol–water partition coefficient (Wildman–Crippen LogP) is 1.52. The van der Waals surface area contributed by atoms with Crippen molar-refractivity contribution >= 4 is 0 Å². The lowest BCUT2D eigenvalue weighted by molar-refractivity contribution is 0.207. The molecule has 1 aromatic rings. The highest BCUT2D eigenvalue weighted by Crippen LogP contribution is 2.18. The highest BCUT2D eigenvalue weighted by atomic mass is 16.3. The lowest BCUT2D eigenvalue weighted by Gasteiger charge is -2.23. The number of nitrogens with one attached hydrogen (secondary N) is 1. The summed E-state index contributed by atoms with van der Waals surface area (Å²) in [6.07, 6.45) is 5.01. The minimum atomic E-state index is 0.170. The van der Waals surface area contributed by atoms with Gasteiger partial charge in [-0.1, -0.05) is 13.8 Å². The van der Waals surface area contributed by atoms with E-state index in [1.165, 1.54) is 5.56 Å². The largest absolute Gasteiger partial charge is 0.396 e. The molecule has 0 atom stereocenters. The van der Waals surface area contributed by atoms with Gasteiger partial charge in [-0.3, -0.25) is 0 Å². The van der Waals surface area contributed by atoms with E-state index in [1.54, 1.807) is 0 Å². The zero-order chi connectivity index (χ0) is 11.3. The van der Waals surface area contributed by atoms with Gasteiger partial charge in [0.05, 0.1) is 0 Å². The van der Waals surface area contributed by atoms with Crippen LogP contribution in [0.1, 0.15) is 25.8 Å². The topological polar surface area (TPSA) is 37.2 Å². The highest BCUT2D eigenvalue weighted by Gasteiger charge is 2.16. The summed E-state index contributed by atoms with van der Waals surface area (Å²) < 4.78 is 2.05. The normalized spacial score (nSPS) is 12.0. The molecule has 1 heterocycles. The average Bonchev–Trinajstić information content (AvgIpc) is 2.51. The van der Waals surface area contributed by atoms with Crippen molar-refractivity contribution in [2.75, 3.05) is 13.2 Å². The molecule has 0 fully saturated rings. The van der Waals surface area contributed by atoms with Gasteiger partial charge >= 0.3 is 0 Å². The molecule has 0 bridgehead atoms. The van der Waals surface area contributed by atoms with Gasteiger partial charge in [0.25, 0.3) is 0 Å². The van der Waals surface area contributed by atoms with Gasteiger partial charge in [-0.15, -0.1) is 0 Å². The van der Waals surface area contributed by atoms with Crippen molar-refractivity contribution in [3.8, 4) is 0 Å². The van der Waals surface area contributed by atoms with Crippen LogP contribution in [0.2, 0.25) is 0 Å². The summed E-state index contributed by atoms with van der Waals surface area (Å²) in [6.45, 7) is 6.43. The van der Waals surface area contributed by atoms with E-state index < -0.39 is 0 Å². The number of aromatic nitrogens is 1. The third-order valence-corrected chi connectivity index (χ3v) is 2.61. The second-order valence-corrected chi connectivity index (χ2v) is 4.93. The quantitative estimate of drug-likeness (QED) is 0.747. The van der Waals surface area contributed by atoms with Crippen LogP contribution in [0.4, 0.5) is 0 Å². The van der Waals surface area contributed by atoms with Crippen molar-refractivity contribution in [2.45, 2.75) is 26.8 Å². The van der Waals surface area contributed by atoms with Crippen LogP contribution in [-0.2, 0) is 13.6 Å². The van der Waals surface area contributed by atoms with Crippen molar-refractivity contribution in [3.05, 3.63) is 24.0 Å². The Labute approximate surface area is 92.1 Å². The van der Waals surface area contributed by atoms with Crippen molar-refractivity contribution in [1.82, 2.24) is 9.88 Å². The summed E-state index contributed by atoms with van der Waals surface area (Å²) in [5, 5.41) is 12.3. The van der Waals surface area contributed by atoms with E-state index in [0.717, 1.165) is 19.5 Å². The van der Waals surface area contributed by atoms with Crippen LogP contribution < -0.4 is 5.32 Å². The van der Waals surface area contributed by atoms with Crippen LogP contribution in [0, 0.1) is 5.41 Å². The van der Waals surface area contributed by atoms with Crippen molar-refractivity contribution in [3.63, 3.8) is 0 Å². The Bertz CT molecular complexity index is 292. The zero-order valence-corrected chi connectivity index (χ0v) is 9.95. The predicted molar refractivity (Wildman–Crippen MR) is 62.6 cm³/mol. The standard InChI is InChI=1S/C12H22N2O/c1-12(2,5-7-15)10-13-8-11-4-6-14(3)9-11/h4,6,9,13,15H,5,7-8,10H2,1-3H3. The Morgan fingerprint density at radius 2 is 2.20 bits per heavy atom. The molecule has 0 aliphatic heterocycles. The molecule has 0 radical (unpaired) electrons. The van der Waals surface area contributed by atoms with Crippen LogP contribution >= 0.6 is 0 Å². The Morgan fingerprint density at radius 1 is 1.47 bits per heavy atom. The van der Waals surface area contributed by atoms with Crippen molar-refractivity contribution in [2.24, 2.45) is 12.5 Å². The second kappa shape index (κ2) is 5.33. The molecule has 0 aromatic carbocycles. The van der Waals surface area contributed by atoms with Crippen LogP contribution in [-0.4, -0.2) is 22.8 Å². The van der Waals surface area contributed by atoms with E-state index in [-0.39, 0.29) is 12.0 Å². The maximum atomic E-state index is 8.89. The summed E-state index contributed by atoms with van der Waals surface area (Å²) in [7, 11) is 2.03. The molecule has 3 heteroatoms. The van der Waals surface area contributed by atoms with Gasteiger partial charge in [0.2, 0.25) is 0 Å². The van der Waals surface area contributed by atoms with E-state index in [0.29, 0.717) is 0 Å². The molecular formula is C12H22N2O. The highest BCUT2D eigenvalue weighted by molar-refractivity contribution is 5.09.